The Morgan fingerprint density at radius 1 is 0.895 bits per heavy atom. The van der Waals surface area contributed by atoms with Crippen molar-refractivity contribution in [3.8, 4) is 22.6 Å². The van der Waals surface area contributed by atoms with Gasteiger partial charge in [-0.05, 0) is 24.3 Å². The fraction of sp³-hybridized carbons (Fsp3) is 0. The van der Waals surface area contributed by atoms with E-state index in [0.717, 1.165) is 16.8 Å². The molecule has 5 nitrogen and oxygen atoms in total. The molecule has 0 saturated carbocycles. The van der Waals surface area contributed by atoms with Gasteiger partial charge in [-0.3, -0.25) is 9.97 Å². The second kappa shape index (κ2) is 4.81. The summed E-state index contributed by atoms with van der Waals surface area (Å²) in [6.07, 6.45) is 6.80. The molecule has 2 N–H and O–H groups in total. The number of nitrogens with zero attached hydrogens (tertiary/aromatic N) is 4. The van der Waals surface area contributed by atoms with E-state index >= 15 is 0 Å². The first-order valence-electron chi connectivity index (χ1n) is 5.79. The van der Waals surface area contributed by atoms with Crippen LogP contribution in [0.3, 0.4) is 0 Å². The van der Waals surface area contributed by atoms with Gasteiger partial charge in [-0.1, -0.05) is 6.07 Å². The summed E-state index contributed by atoms with van der Waals surface area (Å²) in [7, 11) is 0. The number of hydrogen-bond donors (Lipinski definition) is 1. The third-order valence-electron chi connectivity index (χ3n) is 2.70. The smallest absolute Gasteiger partial charge is 0.161 e. The van der Waals surface area contributed by atoms with Crippen LogP contribution in [0, 0.1) is 0 Å². The number of anilines is 1. The summed E-state index contributed by atoms with van der Waals surface area (Å²) in [4.78, 5) is 16.8. The van der Waals surface area contributed by atoms with Crippen molar-refractivity contribution in [3.63, 3.8) is 0 Å². The summed E-state index contributed by atoms with van der Waals surface area (Å²) in [6.45, 7) is 0. The average Bonchev–Trinajstić information content (AvgIpc) is 2.49. The highest BCUT2D eigenvalue weighted by Crippen LogP contribution is 2.23. The molecule has 0 aliphatic rings. The van der Waals surface area contributed by atoms with Crippen molar-refractivity contribution in [1.82, 2.24) is 19.9 Å². The Labute approximate surface area is 110 Å². The van der Waals surface area contributed by atoms with Gasteiger partial charge in [0.25, 0.3) is 0 Å². The minimum absolute atomic E-state index is 0.417. The van der Waals surface area contributed by atoms with Crippen molar-refractivity contribution in [1.29, 1.82) is 0 Å². The molecule has 0 spiro atoms. The molecule has 3 aromatic rings. The van der Waals surface area contributed by atoms with E-state index in [1.165, 1.54) is 0 Å². The largest absolute Gasteiger partial charge is 0.383 e. The van der Waals surface area contributed by atoms with Gasteiger partial charge >= 0.3 is 0 Å². The predicted molar refractivity (Wildman–Crippen MR) is 72.9 cm³/mol. The molecule has 0 saturated heterocycles. The number of nitrogens with two attached hydrogens (primary N) is 1. The number of rotatable bonds is 2. The molecule has 0 bridgehead atoms. The first-order chi connectivity index (χ1) is 9.34. The van der Waals surface area contributed by atoms with E-state index in [1.54, 1.807) is 24.8 Å². The van der Waals surface area contributed by atoms with Crippen LogP contribution in [-0.2, 0) is 0 Å². The minimum atomic E-state index is 0.417. The van der Waals surface area contributed by atoms with Crippen LogP contribution in [0.4, 0.5) is 5.82 Å². The van der Waals surface area contributed by atoms with E-state index in [4.69, 9.17) is 5.73 Å². The Morgan fingerprint density at radius 2 is 1.74 bits per heavy atom. The molecular weight excluding hydrogens is 238 g/mol. The highest BCUT2D eigenvalue weighted by Gasteiger charge is 2.08. The van der Waals surface area contributed by atoms with Gasteiger partial charge in [0.1, 0.15) is 5.82 Å². The van der Waals surface area contributed by atoms with Crippen LogP contribution in [0.25, 0.3) is 22.6 Å². The Kier molecular flexibility index (Phi) is 2.86. The lowest BCUT2D eigenvalue weighted by Crippen LogP contribution is -1.99. The molecule has 5 heteroatoms. The highest BCUT2D eigenvalue weighted by molar-refractivity contribution is 5.71. The molecule has 0 aliphatic heterocycles. The van der Waals surface area contributed by atoms with Crippen LogP contribution in [0.2, 0.25) is 0 Å². The predicted octanol–water partition coefficient (Wildman–Crippen LogP) is 2.18. The maximum Gasteiger partial charge on any atom is 0.161 e. The van der Waals surface area contributed by atoms with E-state index in [9.17, 15) is 0 Å². The SMILES string of the molecule is Nc1nc(-c2ccncc2)ncc1-c1ccccn1. The number of aromatic nitrogens is 4. The van der Waals surface area contributed by atoms with Gasteiger partial charge in [-0.15, -0.1) is 0 Å². The number of hydrogen-bond acceptors (Lipinski definition) is 5. The standard InChI is InChI=1S/C14H11N5/c15-13-11(12-3-1-2-6-17-12)9-18-14(19-13)10-4-7-16-8-5-10/h1-9H,(H2,15,18,19). The van der Waals surface area contributed by atoms with Crippen LogP contribution >= 0.6 is 0 Å². The second-order valence-electron chi connectivity index (χ2n) is 3.94. The quantitative estimate of drug-likeness (QED) is 0.753. The lowest BCUT2D eigenvalue weighted by atomic mass is 10.2. The Morgan fingerprint density at radius 3 is 2.42 bits per heavy atom. The molecule has 0 unspecified atom stereocenters. The van der Waals surface area contributed by atoms with Gasteiger partial charge in [-0.25, -0.2) is 9.97 Å². The number of pyridine rings is 2. The van der Waals surface area contributed by atoms with E-state index in [2.05, 4.69) is 19.9 Å². The normalized spacial score (nSPS) is 10.3. The van der Waals surface area contributed by atoms with E-state index in [1.807, 2.05) is 30.3 Å². The zero-order valence-corrected chi connectivity index (χ0v) is 10.1. The third kappa shape index (κ3) is 2.26. The zero-order valence-electron chi connectivity index (χ0n) is 10.1. The molecule has 0 fully saturated rings. The minimum Gasteiger partial charge on any atom is -0.383 e. The van der Waals surface area contributed by atoms with Gasteiger partial charge in [0.15, 0.2) is 5.82 Å². The third-order valence-corrected chi connectivity index (χ3v) is 2.70. The van der Waals surface area contributed by atoms with Crippen LogP contribution in [0.5, 0.6) is 0 Å². The van der Waals surface area contributed by atoms with E-state index in [0.29, 0.717) is 11.6 Å². The lowest BCUT2D eigenvalue weighted by molar-refractivity contribution is 1.17. The fourth-order valence-corrected chi connectivity index (χ4v) is 1.75. The maximum absolute atomic E-state index is 5.98. The van der Waals surface area contributed by atoms with Crippen molar-refractivity contribution in [2.75, 3.05) is 5.73 Å². The molecule has 0 aliphatic carbocycles. The summed E-state index contributed by atoms with van der Waals surface area (Å²) >= 11 is 0. The molecular formula is C14H11N5. The average molecular weight is 249 g/mol. The van der Waals surface area contributed by atoms with Crippen LogP contribution in [0.15, 0.2) is 55.1 Å². The van der Waals surface area contributed by atoms with Gasteiger partial charge in [-0.2, -0.15) is 0 Å². The monoisotopic (exact) mass is 249 g/mol. The Bertz CT molecular complexity index is 683. The molecule has 3 heterocycles. The Balaban J connectivity index is 2.04. The summed E-state index contributed by atoms with van der Waals surface area (Å²) in [5.74, 6) is 1.00. The molecule has 3 aromatic heterocycles. The van der Waals surface area contributed by atoms with E-state index < -0.39 is 0 Å². The number of nitrogen functional groups attached to an aromatic ring is 1. The maximum atomic E-state index is 5.98. The van der Waals surface area contributed by atoms with Gasteiger partial charge in [0.05, 0.1) is 11.3 Å². The van der Waals surface area contributed by atoms with E-state index in [-0.39, 0.29) is 0 Å². The highest BCUT2D eigenvalue weighted by atomic mass is 14.9. The molecule has 3 rings (SSSR count). The molecule has 0 atom stereocenters. The molecule has 0 aromatic carbocycles. The molecule has 92 valence electrons. The molecule has 0 amide bonds. The summed E-state index contributed by atoms with van der Waals surface area (Å²) in [5, 5.41) is 0. The van der Waals surface area contributed by atoms with Gasteiger partial charge in [0, 0.05) is 30.4 Å². The lowest BCUT2D eigenvalue weighted by Gasteiger charge is -2.06. The van der Waals surface area contributed by atoms with Gasteiger partial charge < -0.3 is 5.73 Å². The van der Waals surface area contributed by atoms with Gasteiger partial charge in [0.2, 0.25) is 0 Å². The first-order valence-corrected chi connectivity index (χ1v) is 5.79. The Hall–Kier alpha value is -2.82. The van der Waals surface area contributed by atoms with Crippen LogP contribution in [0.1, 0.15) is 0 Å². The summed E-state index contributed by atoms with van der Waals surface area (Å²) in [6, 6.07) is 9.32. The van der Waals surface area contributed by atoms with Crippen molar-refractivity contribution in [3.05, 3.63) is 55.1 Å². The fourth-order valence-electron chi connectivity index (χ4n) is 1.75. The van der Waals surface area contributed by atoms with Crippen molar-refractivity contribution in [2.45, 2.75) is 0 Å². The van der Waals surface area contributed by atoms with Crippen LogP contribution in [-0.4, -0.2) is 19.9 Å². The first kappa shape index (κ1) is 11.3. The van der Waals surface area contributed by atoms with Crippen molar-refractivity contribution >= 4 is 5.82 Å². The molecule has 19 heavy (non-hydrogen) atoms. The summed E-state index contributed by atoms with van der Waals surface area (Å²) < 4.78 is 0. The van der Waals surface area contributed by atoms with Crippen LogP contribution < -0.4 is 5.73 Å². The summed E-state index contributed by atoms with van der Waals surface area (Å²) in [5.41, 5.74) is 8.37. The van der Waals surface area contributed by atoms with Crippen molar-refractivity contribution < 1.29 is 0 Å². The zero-order chi connectivity index (χ0) is 13.1. The second-order valence-corrected chi connectivity index (χ2v) is 3.94. The molecule has 0 radical (unpaired) electrons. The topological polar surface area (TPSA) is 77.6 Å². The van der Waals surface area contributed by atoms with Crippen molar-refractivity contribution in [2.24, 2.45) is 0 Å².